The fraction of sp³-hybridized carbons (Fsp3) is 0.481. The summed E-state index contributed by atoms with van der Waals surface area (Å²) in [6, 6.07) is 23.8. The molecule has 4 rings (SSSR count). The van der Waals surface area contributed by atoms with E-state index in [0.29, 0.717) is 0 Å². The molecule has 0 amide bonds. The molecule has 1 aliphatic carbocycles. The zero-order valence-corrected chi connectivity index (χ0v) is 20.0. The summed E-state index contributed by atoms with van der Waals surface area (Å²) in [7, 11) is -2.00. The maximum Gasteiger partial charge on any atom is 0.191 e. The Labute approximate surface area is 183 Å². The average molecular weight is 421 g/mol. The molecule has 1 spiro atoms. The molecular formula is C27H36O2Si. The first kappa shape index (κ1) is 21.5. The van der Waals surface area contributed by atoms with Gasteiger partial charge in [0.2, 0.25) is 0 Å². The molecule has 0 aromatic heterocycles. The van der Waals surface area contributed by atoms with E-state index in [-0.39, 0.29) is 5.04 Å². The highest BCUT2D eigenvalue weighted by molar-refractivity contribution is 7.04. The van der Waals surface area contributed by atoms with Crippen LogP contribution in [0.5, 0.6) is 0 Å². The van der Waals surface area contributed by atoms with Gasteiger partial charge < -0.3 is 9.47 Å². The lowest BCUT2D eigenvalue weighted by Gasteiger charge is -2.44. The van der Waals surface area contributed by atoms with Gasteiger partial charge in [-0.1, -0.05) is 104 Å². The lowest BCUT2D eigenvalue weighted by molar-refractivity contribution is -0.125. The van der Waals surface area contributed by atoms with Gasteiger partial charge in [0.1, 0.15) is 8.07 Å². The highest BCUT2D eigenvalue weighted by Crippen LogP contribution is 2.45. The first-order valence-corrected chi connectivity index (χ1v) is 13.7. The first-order chi connectivity index (χ1) is 14.4. The van der Waals surface area contributed by atoms with Crippen LogP contribution in [0.25, 0.3) is 0 Å². The van der Waals surface area contributed by atoms with Crippen molar-refractivity contribution in [2.24, 2.45) is 0 Å². The van der Waals surface area contributed by atoms with Gasteiger partial charge in [0.05, 0.1) is 13.2 Å². The minimum Gasteiger partial charge on any atom is -0.344 e. The molecule has 0 N–H and O–H groups in total. The average Bonchev–Trinajstić information content (AvgIpc) is 3.34. The van der Waals surface area contributed by atoms with Gasteiger partial charge in [-0.05, 0) is 36.4 Å². The lowest BCUT2D eigenvalue weighted by Crippen LogP contribution is -2.64. The Kier molecular flexibility index (Phi) is 6.07. The summed E-state index contributed by atoms with van der Waals surface area (Å²) in [5, 5.41) is 3.31. The fourth-order valence-corrected chi connectivity index (χ4v) is 11.5. The summed E-state index contributed by atoms with van der Waals surface area (Å²) in [6.45, 7) is 11.1. The van der Waals surface area contributed by atoms with Crippen LogP contribution < -0.4 is 10.4 Å². The third-order valence-electron chi connectivity index (χ3n) is 7.35. The molecule has 3 heteroatoms. The maximum atomic E-state index is 6.13. The van der Waals surface area contributed by atoms with Crippen LogP contribution in [-0.2, 0) is 9.47 Å². The van der Waals surface area contributed by atoms with Crippen LogP contribution in [0.3, 0.4) is 0 Å². The number of hydrogen-bond donors (Lipinski definition) is 0. The Bertz CT molecular complexity index is 835. The Morgan fingerprint density at radius 2 is 1.40 bits per heavy atom. The van der Waals surface area contributed by atoms with Gasteiger partial charge in [-0.3, -0.25) is 0 Å². The van der Waals surface area contributed by atoms with Gasteiger partial charge in [-0.25, -0.2) is 0 Å². The van der Waals surface area contributed by atoms with Crippen molar-refractivity contribution >= 4 is 18.4 Å². The summed E-state index contributed by atoms with van der Waals surface area (Å²) in [5.41, 5.74) is 2.91. The molecule has 1 saturated heterocycles. The number of rotatable bonds is 6. The second kappa shape index (κ2) is 8.45. The first-order valence-electron chi connectivity index (χ1n) is 11.5. The smallest absolute Gasteiger partial charge is 0.191 e. The van der Waals surface area contributed by atoms with E-state index >= 15 is 0 Å². The molecule has 1 aliphatic heterocycles. The summed E-state index contributed by atoms with van der Waals surface area (Å²) in [4.78, 5) is 0. The Hall–Kier alpha value is -1.68. The van der Waals surface area contributed by atoms with E-state index in [1.54, 1.807) is 10.4 Å². The monoisotopic (exact) mass is 420 g/mol. The van der Waals surface area contributed by atoms with Crippen LogP contribution in [-0.4, -0.2) is 27.1 Å². The van der Waals surface area contributed by atoms with E-state index in [0.717, 1.165) is 32.5 Å². The van der Waals surface area contributed by atoms with Gasteiger partial charge in [-0.15, -0.1) is 0 Å². The van der Waals surface area contributed by atoms with E-state index in [2.05, 4.69) is 88.4 Å². The minimum absolute atomic E-state index is 0.215. The molecule has 160 valence electrons. The molecule has 0 radical (unpaired) electrons. The van der Waals surface area contributed by atoms with Crippen molar-refractivity contribution in [2.45, 2.75) is 70.2 Å². The fourth-order valence-electron chi connectivity index (χ4n) is 5.83. The summed E-state index contributed by atoms with van der Waals surface area (Å²) < 4.78 is 12.3. The molecule has 0 atom stereocenters. The zero-order valence-electron chi connectivity index (χ0n) is 19.0. The molecule has 0 bridgehead atoms. The molecule has 30 heavy (non-hydrogen) atoms. The lowest BCUT2D eigenvalue weighted by atomic mass is 10.0. The predicted octanol–water partition coefficient (Wildman–Crippen LogP) is 5.68. The van der Waals surface area contributed by atoms with Gasteiger partial charge in [0.25, 0.3) is 0 Å². The maximum absolute atomic E-state index is 6.13. The predicted molar refractivity (Wildman–Crippen MR) is 128 cm³/mol. The van der Waals surface area contributed by atoms with Gasteiger partial charge in [-0.2, -0.15) is 0 Å². The van der Waals surface area contributed by atoms with Crippen LogP contribution in [0.15, 0.2) is 71.8 Å². The Morgan fingerprint density at radius 3 is 1.90 bits per heavy atom. The summed E-state index contributed by atoms with van der Waals surface area (Å²) in [5.74, 6) is -0.407. The number of benzene rings is 2. The molecular weight excluding hydrogens is 384 g/mol. The largest absolute Gasteiger partial charge is 0.344 e. The highest BCUT2D eigenvalue weighted by atomic mass is 28.3. The van der Waals surface area contributed by atoms with Crippen molar-refractivity contribution < 1.29 is 9.47 Å². The molecule has 2 aliphatic rings. The van der Waals surface area contributed by atoms with Crippen LogP contribution >= 0.6 is 0 Å². The van der Waals surface area contributed by atoms with Crippen molar-refractivity contribution in [1.29, 1.82) is 0 Å². The normalized spacial score (nSPS) is 19.1. The molecule has 2 aromatic carbocycles. The molecule has 2 aromatic rings. The summed E-state index contributed by atoms with van der Waals surface area (Å²) in [6.07, 6.45) is 4.35. The van der Waals surface area contributed by atoms with Crippen molar-refractivity contribution in [2.75, 3.05) is 13.2 Å². The minimum atomic E-state index is -2.00. The molecule has 1 heterocycles. The Balaban J connectivity index is 1.67. The SMILES string of the molecule is CC1=C(CCC[Si](c2ccccc2)(c2ccccc2)C(C)(C)C)C2(CC1)OCCO2. The molecule has 0 saturated carbocycles. The quantitative estimate of drug-likeness (QED) is 0.442. The standard InChI is InChI=1S/C27H36O2Si/c1-22-17-18-27(28-19-20-29-27)25(22)16-11-21-30(26(2,3)4,23-12-7-5-8-13-23)24-14-9-6-10-15-24/h5-10,12-15H,11,16-21H2,1-4H3. The van der Waals surface area contributed by atoms with Crippen LogP contribution in [0.1, 0.15) is 53.4 Å². The second-order valence-electron chi connectivity index (χ2n) is 9.95. The number of ether oxygens (including phenoxy) is 2. The van der Waals surface area contributed by atoms with E-state index in [4.69, 9.17) is 9.47 Å². The molecule has 2 nitrogen and oxygen atoms in total. The molecule has 0 unspecified atom stereocenters. The highest BCUT2D eigenvalue weighted by Gasteiger charge is 2.48. The van der Waals surface area contributed by atoms with Crippen molar-refractivity contribution in [3.63, 3.8) is 0 Å². The van der Waals surface area contributed by atoms with Crippen molar-refractivity contribution in [3.8, 4) is 0 Å². The van der Waals surface area contributed by atoms with E-state index in [1.807, 2.05) is 0 Å². The zero-order chi connectivity index (χ0) is 21.2. The van der Waals surface area contributed by atoms with Gasteiger partial charge in [0, 0.05) is 6.42 Å². The van der Waals surface area contributed by atoms with E-state index in [1.165, 1.54) is 23.6 Å². The van der Waals surface area contributed by atoms with Crippen LogP contribution in [0.4, 0.5) is 0 Å². The van der Waals surface area contributed by atoms with Gasteiger partial charge >= 0.3 is 0 Å². The summed E-state index contributed by atoms with van der Waals surface area (Å²) >= 11 is 0. The van der Waals surface area contributed by atoms with Crippen molar-refractivity contribution in [1.82, 2.24) is 0 Å². The third-order valence-corrected chi connectivity index (χ3v) is 13.7. The number of hydrogen-bond acceptors (Lipinski definition) is 2. The van der Waals surface area contributed by atoms with Crippen LogP contribution in [0, 0.1) is 0 Å². The second-order valence-corrected chi connectivity index (χ2v) is 14.9. The Morgan fingerprint density at radius 1 is 0.867 bits per heavy atom. The van der Waals surface area contributed by atoms with E-state index in [9.17, 15) is 0 Å². The van der Waals surface area contributed by atoms with Gasteiger partial charge in [0.15, 0.2) is 5.79 Å². The third kappa shape index (κ3) is 3.72. The van der Waals surface area contributed by atoms with E-state index < -0.39 is 13.9 Å². The van der Waals surface area contributed by atoms with Crippen molar-refractivity contribution in [3.05, 3.63) is 71.8 Å². The van der Waals surface area contributed by atoms with Crippen LogP contribution in [0.2, 0.25) is 11.1 Å². The molecule has 1 fully saturated rings. The topological polar surface area (TPSA) is 18.5 Å². The number of allylic oxidation sites excluding steroid dienone is 1.